The molecule has 1 aromatic heterocycles. The SMILES string of the molecule is CC(C)(C)C1=CC(C2=CC=CCC2)C(N(C2=CC3=C(CC2)c2ccccc2C3(c2cccc(C(C)(C)C)c2)c2cccc(C(C)(C)C)c2)c2ccc3c(c2)oc2ccccc23)C=C1. The molecule has 2 nitrogen and oxygen atoms in total. The van der Waals surface area contributed by atoms with Crippen LogP contribution in [0.2, 0.25) is 0 Å². The Morgan fingerprint density at radius 2 is 1.32 bits per heavy atom. The van der Waals surface area contributed by atoms with Crippen LogP contribution in [0.1, 0.15) is 121 Å². The fourth-order valence-electron chi connectivity index (χ4n) is 11.0. The first-order chi connectivity index (χ1) is 30.1. The maximum atomic E-state index is 6.65. The number of rotatable bonds is 6. The fraction of sp³-hybridized carbons (Fsp3) is 0.311. The third-order valence-corrected chi connectivity index (χ3v) is 14.4. The molecule has 0 N–H and O–H groups in total. The van der Waals surface area contributed by atoms with Crippen LogP contribution in [0, 0.1) is 11.3 Å². The lowest BCUT2D eigenvalue weighted by atomic mass is 9.64. The first-order valence-electron chi connectivity index (χ1n) is 23.4. The molecule has 2 heteroatoms. The third kappa shape index (κ3) is 7.02. The van der Waals surface area contributed by atoms with Gasteiger partial charge >= 0.3 is 0 Å². The lowest BCUT2D eigenvalue weighted by molar-refractivity contribution is 0.493. The van der Waals surface area contributed by atoms with Gasteiger partial charge in [0, 0.05) is 34.1 Å². The van der Waals surface area contributed by atoms with Crippen molar-refractivity contribution in [1.82, 2.24) is 0 Å². The Morgan fingerprint density at radius 1 is 0.635 bits per heavy atom. The molecule has 0 bridgehead atoms. The number of anilines is 1. The molecule has 5 aromatic carbocycles. The lowest BCUT2D eigenvalue weighted by Gasteiger charge is -2.43. The van der Waals surface area contributed by atoms with Crippen LogP contribution in [-0.4, -0.2) is 6.04 Å². The van der Waals surface area contributed by atoms with Gasteiger partial charge in [0.25, 0.3) is 0 Å². The van der Waals surface area contributed by atoms with Crippen molar-refractivity contribution in [3.05, 3.63) is 214 Å². The van der Waals surface area contributed by atoms with Crippen molar-refractivity contribution >= 4 is 33.2 Å². The summed E-state index contributed by atoms with van der Waals surface area (Å²) in [5, 5.41) is 2.32. The Bertz CT molecular complexity index is 2910. The Balaban J connectivity index is 1.25. The first-order valence-corrected chi connectivity index (χ1v) is 23.4. The van der Waals surface area contributed by atoms with Crippen molar-refractivity contribution in [2.75, 3.05) is 4.90 Å². The number of fused-ring (bicyclic) bond motifs is 5. The van der Waals surface area contributed by atoms with Crippen molar-refractivity contribution in [1.29, 1.82) is 0 Å². The average Bonchev–Trinajstić information content (AvgIpc) is 3.79. The molecule has 0 saturated heterocycles. The van der Waals surface area contributed by atoms with Gasteiger partial charge in [-0.2, -0.15) is 0 Å². The number of allylic oxidation sites excluding steroid dienone is 9. The number of furan rings is 1. The molecule has 63 heavy (non-hydrogen) atoms. The second-order valence-electron chi connectivity index (χ2n) is 21.6. The quantitative estimate of drug-likeness (QED) is 0.166. The molecule has 10 rings (SSSR count). The minimum absolute atomic E-state index is 0.00972. The van der Waals surface area contributed by atoms with Gasteiger partial charge in [-0.25, -0.2) is 0 Å². The van der Waals surface area contributed by atoms with Gasteiger partial charge in [-0.3, -0.25) is 0 Å². The van der Waals surface area contributed by atoms with E-state index in [1.807, 2.05) is 0 Å². The highest BCUT2D eigenvalue weighted by molar-refractivity contribution is 6.05. The molecule has 4 aliphatic rings. The normalized spacial score (nSPS) is 19.8. The maximum absolute atomic E-state index is 6.65. The number of benzene rings is 5. The molecule has 2 atom stereocenters. The lowest BCUT2D eigenvalue weighted by Crippen LogP contribution is -2.42. The Hall–Kier alpha value is -5.86. The van der Waals surface area contributed by atoms with Gasteiger partial charge in [-0.1, -0.05) is 195 Å². The summed E-state index contributed by atoms with van der Waals surface area (Å²) in [6, 6.07) is 43.9. The molecule has 4 aliphatic carbocycles. The summed E-state index contributed by atoms with van der Waals surface area (Å²) in [6.07, 6.45) is 21.2. The van der Waals surface area contributed by atoms with Crippen LogP contribution in [0.3, 0.4) is 0 Å². The van der Waals surface area contributed by atoms with Crippen LogP contribution in [-0.2, 0) is 16.2 Å². The molecule has 1 heterocycles. The fourth-order valence-corrected chi connectivity index (χ4v) is 11.0. The summed E-state index contributed by atoms with van der Waals surface area (Å²) in [4.78, 5) is 2.71. The standard InChI is InChI=1S/C61H63NO/c1-58(2,3)41-21-17-23-44(35-41)61(45-24-18-22-42(36-45)59(4,5)6)53-27-15-13-25-48(53)49-32-30-46(38-54(49)61)62(47-31-33-51-50-26-14-16-28-56(50)63-57(51)39-47)55-34-29-43(60(7,8)9)37-52(55)40-19-11-10-12-20-40/h10-11,13-19,21-29,31,33-39,52,55H,12,20,30,32H2,1-9H3. The molecule has 0 radical (unpaired) electrons. The van der Waals surface area contributed by atoms with Crippen molar-refractivity contribution < 1.29 is 4.42 Å². The van der Waals surface area contributed by atoms with Crippen LogP contribution >= 0.6 is 0 Å². The van der Waals surface area contributed by atoms with Gasteiger partial charge in [0.1, 0.15) is 11.2 Å². The number of hydrogen-bond donors (Lipinski definition) is 0. The van der Waals surface area contributed by atoms with E-state index in [0.717, 1.165) is 47.6 Å². The van der Waals surface area contributed by atoms with E-state index in [-0.39, 0.29) is 28.2 Å². The average molecular weight is 826 g/mol. The predicted octanol–water partition coefficient (Wildman–Crippen LogP) is 16.3. The van der Waals surface area contributed by atoms with Crippen LogP contribution in [0.4, 0.5) is 5.69 Å². The van der Waals surface area contributed by atoms with Gasteiger partial charge in [0.2, 0.25) is 0 Å². The van der Waals surface area contributed by atoms with Gasteiger partial charge in [0.05, 0.1) is 11.5 Å². The van der Waals surface area contributed by atoms with E-state index >= 15 is 0 Å². The minimum Gasteiger partial charge on any atom is -0.456 e. The van der Waals surface area contributed by atoms with Crippen molar-refractivity contribution in [3.8, 4) is 0 Å². The molecule has 0 aliphatic heterocycles. The molecule has 0 spiro atoms. The molecule has 6 aromatic rings. The minimum atomic E-state index is -0.522. The zero-order chi connectivity index (χ0) is 43.9. The molecule has 0 saturated carbocycles. The van der Waals surface area contributed by atoms with Gasteiger partial charge in [-0.15, -0.1) is 0 Å². The summed E-state index contributed by atoms with van der Waals surface area (Å²) < 4.78 is 6.65. The van der Waals surface area contributed by atoms with Crippen molar-refractivity contribution in [2.45, 2.75) is 110 Å². The zero-order valence-electron chi connectivity index (χ0n) is 38.8. The van der Waals surface area contributed by atoms with Crippen LogP contribution in [0.15, 0.2) is 185 Å². The van der Waals surface area contributed by atoms with E-state index in [0.29, 0.717) is 0 Å². The Morgan fingerprint density at radius 3 is 2.00 bits per heavy atom. The van der Waals surface area contributed by atoms with Crippen LogP contribution < -0.4 is 4.90 Å². The molecule has 0 amide bonds. The molecule has 0 fully saturated rings. The zero-order valence-corrected chi connectivity index (χ0v) is 38.8. The highest BCUT2D eigenvalue weighted by Gasteiger charge is 2.49. The van der Waals surface area contributed by atoms with Crippen molar-refractivity contribution in [2.24, 2.45) is 11.3 Å². The monoisotopic (exact) mass is 825 g/mol. The molecule has 318 valence electrons. The van der Waals surface area contributed by atoms with Crippen LogP contribution in [0.25, 0.3) is 27.5 Å². The van der Waals surface area contributed by atoms with E-state index in [2.05, 4.69) is 225 Å². The second kappa shape index (κ2) is 15.2. The summed E-state index contributed by atoms with van der Waals surface area (Å²) in [5.41, 5.74) is 17.8. The predicted molar refractivity (Wildman–Crippen MR) is 267 cm³/mol. The Kier molecular flexibility index (Phi) is 9.90. The highest BCUT2D eigenvalue weighted by atomic mass is 16.3. The van der Waals surface area contributed by atoms with E-state index in [1.165, 1.54) is 67.1 Å². The van der Waals surface area contributed by atoms with Gasteiger partial charge < -0.3 is 9.32 Å². The molecular weight excluding hydrogens is 763 g/mol. The number of nitrogens with zero attached hydrogens (tertiary/aromatic N) is 1. The Labute approximate surface area is 376 Å². The summed E-state index contributed by atoms with van der Waals surface area (Å²) >= 11 is 0. The molecular formula is C61H63NO. The van der Waals surface area contributed by atoms with Gasteiger partial charge in [-0.05, 0) is 116 Å². The first kappa shape index (κ1) is 41.2. The highest BCUT2D eigenvalue weighted by Crippen LogP contribution is 2.59. The maximum Gasteiger partial charge on any atom is 0.137 e. The number of hydrogen-bond acceptors (Lipinski definition) is 2. The van der Waals surface area contributed by atoms with Crippen LogP contribution in [0.5, 0.6) is 0 Å². The van der Waals surface area contributed by atoms with E-state index in [4.69, 9.17) is 4.42 Å². The summed E-state index contributed by atoms with van der Waals surface area (Å²) in [7, 11) is 0. The largest absolute Gasteiger partial charge is 0.456 e. The number of para-hydroxylation sites is 1. The van der Waals surface area contributed by atoms with Gasteiger partial charge in [0.15, 0.2) is 0 Å². The third-order valence-electron chi connectivity index (χ3n) is 14.4. The van der Waals surface area contributed by atoms with E-state index in [9.17, 15) is 0 Å². The summed E-state index contributed by atoms with van der Waals surface area (Å²) in [5.74, 6) is 0.203. The smallest absolute Gasteiger partial charge is 0.137 e. The van der Waals surface area contributed by atoms with E-state index < -0.39 is 5.41 Å². The van der Waals surface area contributed by atoms with Crippen molar-refractivity contribution in [3.63, 3.8) is 0 Å². The summed E-state index contributed by atoms with van der Waals surface area (Å²) in [6.45, 7) is 21.1. The molecule has 2 unspecified atom stereocenters. The second-order valence-corrected chi connectivity index (χ2v) is 21.6. The topological polar surface area (TPSA) is 16.4 Å². The van der Waals surface area contributed by atoms with E-state index in [1.54, 1.807) is 0 Å².